The summed E-state index contributed by atoms with van der Waals surface area (Å²) in [4.78, 5) is 28.5. The van der Waals surface area contributed by atoms with E-state index in [-0.39, 0.29) is 17.6 Å². The number of carbonyl (C=O) groups is 2. The highest BCUT2D eigenvalue weighted by Crippen LogP contribution is 2.19. The standard InChI is InChI=1S/C38H44N4O4/c39-38(40)42-35(27-29-17-19-32(20-18-29)36(43)31-15-9-6-10-16-31)37(44)41-25-11-3-1-2-4-12-26-45-33-21-23-34(24-22-33)46-28-30-13-7-5-8-14-30/h5-10,13-24,35H,1-4,11-12,25-28H2,(H,41,44)(H4,39,40,42)/p+1. The van der Waals surface area contributed by atoms with Gasteiger partial charge in [-0.3, -0.25) is 26.0 Å². The lowest BCUT2D eigenvalue weighted by molar-refractivity contribution is -0.489. The number of benzene rings is 4. The highest BCUT2D eigenvalue weighted by molar-refractivity contribution is 6.08. The van der Waals surface area contributed by atoms with Crippen LogP contribution in [0.3, 0.4) is 0 Å². The minimum Gasteiger partial charge on any atom is -0.494 e. The van der Waals surface area contributed by atoms with E-state index >= 15 is 0 Å². The van der Waals surface area contributed by atoms with Crippen LogP contribution in [0.2, 0.25) is 0 Å². The maximum absolute atomic E-state index is 12.9. The highest BCUT2D eigenvalue weighted by atomic mass is 16.5. The second kappa shape index (κ2) is 18.6. The third-order valence-electron chi connectivity index (χ3n) is 7.56. The number of rotatable bonds is 19. The maximum Gasteiger partial charge on any atom is 0.339 e. The van der Waals surface area contributed by atoms with Gasteiger partial charge in [0.05, 0.1) is 6.61 Å². The highest BCUT2D eigenvalue weighted by Gasteiger charge is 2.20. The Bertz CT molecular complexity index is 1500. The van der Waals surface area contributed by atoms with Gasteiger partial charge in [-0.05, 0) is 48.2 Å². The first-order valence-electron chi connectivity index (χ1n) is 16.0. The van der Waals surface area contributed by atoms with Gasteiger partial charge < -0.3 is 14.8 Å². The number of carbonyl (C=O) groups excluding carboxylic acids is 2. The molecular weight excluding hydrogens is 576 g/mol. The summed E-state index contributed by atoms with van der Waals surface area (Å²) in [6, 6.07) is 33.7. The van der Waals surface area contributed by atoms with Crippen molar-refractivity contribution in [1.29, 1.82) is 0 Å². The van der Waals surface area contributed by atoms with Crippen molar-refractivity contribution >= 4 is 17.6 Å². The molecular formula is C38H45N4O4+. The summed E-state index contributed by atoms with van der Waals surface area (Å²) < 4.78 is 11.7. The average Bonchev–Trinajstić information content (AvgIpc) is 3.09. The smallest absolute Gasteiger partial charge is 0.339 e. The molecule has 0 fully saturated rings. The zero-order valence-electron chi connectivity index (χ0n) is 26.3. The normalized spacial score (nSPS) is 11.3. The quantitative estimate of drug-likeness (QED) is 0.0535. The molecule has 1 unspecified atom stereocenters. The maximum atomic E-state index is 12.9. The molecule has 6 N–H and O–H groups in total. The molecule has 8 heteroatoms. The van der Waals surface area contributed by atoms with Gasteiger partial charge in [-0.1, -0.05) is 111 Å². The topological polar surface area (TPSA) is 131 Å². The molecule has 4 rings (SSSR count). The minimum atomic E-state index is -0.612. The number of hydrogen-bond donors (Lipinski definition) is 4. The van der Waals surface area contributed by atoms with Gasteiger partial charge in [0.25, 0.3) is 5.91 Å². The number of hydrogen-bond acceptors (Lipinski definition) is 4. The summed E-state index contributed by atoms with van der Waals surface area (Å²) in [6.45, 7) is 1.81. The van der Waals surface area contributed by atoms with E-state index in [0.29, 0.717) is 37.3 Å². The molecule has 1 atom stereocenters. The zero-order valence-corrected chi connectivity index (χ0v) is 26.3. The summed E-state index contributed by atoms with van der Waals surface area (Å²) in [5, 5.41) is 3.00. The van der Waals surface area contributed by atoms with Gasteiger partial charge in [0.15, 0.2) is 11.8 Å². The van der Waals surface area contributed by atoms with E-state index in [4.69, 9.17) is 20.9 Å². The predicted octanol–water partition coefficient (Wildman–Crippen LogP) is 4.30. The summed E-state index contributed by atoms with van der Waals surface area (Å²) in [6.07, 6.45) is 6.62. The van der Waals surface area contributed by atoms with Crippen LogP contribution in [-0.4, -0.2) is 36.8 Å². The molecule has 240 valence electrons. The Morgan fingerprint density at radius 2 is 1.20 bits per heavy atom. The fraction of sp³-hybridized carbons (Fsp3) is 0.289. The molecule has 0 aliphatic carbocycles. The van der Waals surface area contributed by atoms with Gasteiger partial charge in [0, 0.05) is 24.1 Å². The molecule has 0 heterocycles. The number of nitrogens with one attached hydrogen (secondary N) is 2. The lowest BCUT2D eigenvalue weighted by Crippen LogP contribution is -2.87. The number of nitrogens with two attached hydrogens (primary N) is 2. The SMILES string of the molecule is NC(N)=[NH+]C(Cc1ccc(C(=O)c2ccccc2)cc1)C(=O)NCCCCCCCCOc1ccc(OCc2ccccc2)cc1. The van der Waals surface area contributed by atoms with Crippen LogP contribution in [-0.2, 0) is 17.8 Å². The summed E-state index contributed by atoms with van der Waals surface area (Å²) >= 11 is 0. The van der Waals surface area contributed by atoms with E-state index in [9.17, 15) is 9.59 Å². The first-order valence-corrected chi connectivity index (χ1v) is 16.0. The Balaban J connectivity index is 1.06. The third-order valence-corrected chi connectivity index (χ3v) is 7.56. The Labute approximate surface area is 271 Å². The molecule has 0 aromatic heterocycles. The van der Waals surface area contributed by atoms with Crippen LogP contribution in [0.1, 0.15) is 65.6 Å². The molecule has 4 aromatic rings. The van der Waals surface area contributed by atoms with E-state index in [2.05, 4.69) is 10.3 Å². The van der Waals surface area contributed by atoms with Gasteiger partial charge in [0.2, 0.25) is 0 Å². The molecule has 8 nitrogen and oxygen atoms in total. The van der Waals surface area contributed by atoms with Crippen LogP contribution in [0.5, 0.6) is 11.5 Å². The molecule has 1 amide bonds. The molecule has 0 bridgehead atoms. The Kier molecular flexibility index (Phi) is 13.7. The van der Waals surface area contributed by atoms with E-state index in [0.717, 1.165) is 61.2 Å². The van der Waals surface area contributed by atoms with Crippen molar-refractivity contribution in [2.24, 2.45) is 11.5 Å². The van der Waals surface area contributed by atoms with Crippen LogP contribution >= 0.6 is 0 Å². The lowest BCUT2D eigenvalue weighted by atomic mass is 9.99. The number of guanidine groups is 1. The van der Waals surface area contributed by atoms with Gasteiger partial charge in [-0.2, -0.15) is 0 Å². The molecule has 46 heavy (non-hydrogen) atoms. The van der Waals surface area contributed by atoms with Crippen LogP contribution in [0.4, 0.5) is 0 Å². The molecule has 0 saturated carbocycles. The third kappa shape index (κ3) is 11.8. The fourth-order valence-corrected chi connectivity index (χ4v) is 5.03. The molecule has 4 aromatic carbocycles. The van der Waals surface area contributed by atoms with Crippen molar-refractivity contribution in [3.8, 4) is 11.5 Å². The van der Waals surface area contributed by atoms with Crippen LogP contribution in [0.25, 0.3) is 0 Å². The predicted molar refractivity (Wildman–Crippen MR) is 182 cm³/mol. The molecule has 0 saturated heterocycles. The zero-order chi connectivity index (χ0) is 32.4. The molecule has 0 aliphatic heterocycles. The van der Waals surface area contributed by atoms with Crippen molar-refractivity contribution in [1.82, 2.24) is 5.32 Å². The summed E-state index contributed by atoms with van der Waals surface area (Å²) in [5.74, 6) is 1.46. The second-order valence-electron chi connectivity index (χ2n) is 11.3. The molecule has 0 spiro atoms. The molecule has 0 radical (unpaired) electrons. The van der Waals surface area contributed by atoms with Gasteiger partial charge >= 0.3 is 5.96 Å². The van der Waals surface area contributed by atoms with Gasteiger partial charge in [-0.15, -0.1) is 0 Å². The summed E-state index contributed by atoms with van der Waals surface area (Å²) in [5.41, 5.74) is 14.6. The minimum absolute atomic E-state index is 0.00938. The first-order chi connectivity index (χ1) is 22.5. The van der Waals surface area contributed by atoms with Crippen LogP contribution in [0, 0.1) is 0 Å². The Hall–Kier alpha value is -5.11. The molecule has 0 aliphatic rings. The lowest BCUT2D eigenvalue weighted by Gasteiger charge is -2.13. The average molecular weight is 622 g/mol. The van der Waals surface area contributed by atoms with Crippen LogP contribution in [0.15, 0.2) is 109 Å². The van der Waals surface area contributed by atoms with Crippen LogP contribution < -0.4 is 31.3 Å². The second-order valence-corrected chi connectivity index (χ2v) is 11.3. The number of amides is 1. The van der Waals surface area contributed by atoms with E-state index in [1.54, 1.807) is 24.3 Å². The first kappa shape index (κ1) is 33.8. The van der Waals surface area contributed by atoms with Gasteiger partial charge in [-0.25, -0.2) is 0 Å². The largest absolute Gasteiger partial charge is 0.494 e. The number of ether oxygens (including phenoxy) is 2. The summed E-state index contributed by atoms with van der Waals surface area (Å²) in [7, 11) is 0. The number of unbranched alkanes of at least 4 members (excludes halogenated alkanes) is 5. The Morgan fingerprint density at radius 1 is 0.630 bits per heavy atom. The van der Waals surface area contributed by atoms with Gasteiger partial charge in [0.1, 0.15) is 18.1 Å². The Morgan fingerprint density at radius 3 is 1.85 bits per heavy atom. The van der Waals surface area contributed by atoms with E-state index in [1.807, 2.05) is 84.9 Å². The van der Waals surface area contributed by atoms with E-state index < -0.39 is 6.04 Å². The monoisotopic (exact) mass is 621 g/mol. The van der Waals surface area contributed by atoms with Crippen molar-refractivity contribution < 1.29 is 24.1 Å². The van der Waals surface area contributed by atoms with Crippen molar-refractivity contribution in [3.05, 3.63) is 131 Å². The van der Waals surface area contributed by atoms with Crippen molar-refractivity contribution in [3.63, 3.8) is 0 Å². The van der Waals surface area contributed by atoms with Crippen molar-refractivity contribution in [2.45, 2.75) is 57.6 Å². The number of ketones is 1. The fourth-order valence-electron chi connectivity index (χ4n) is 5.03. The van der Waals surface area contributed by atoms with E-state index in [1.165, 1.54) is 0 Å². The van der Waals surface area contributed by atoms with Crippen molar-refractivity contribution in [2.75, 3.05) is 13.2 Å².